The topological polar surface area (TPSA) is 61.8 Å². The van der Waals surface area contributed by atoms with Crippen LogP contribution in [0.4, 0.5) is 5.69 Å². The molecule has 0 radical (unpaired) electrons. The van der Waals surface area contributed by atoms with Gasteiger partial charge in [-0.3, -0.25) is 0 Å². The van der Waals surface area contributed by atoms with Gasteiger partial charge in [0.1, 0.15) is 5.75 Å². The van der Waals surface area contributed by atoms with Crippen LogP contribution in [0.3, 0.4) is 0 Å². The minimum atomic E-state index is -0.944. The highest BCUT2D eigenvalue weighted by Gasteiger charge is 2.10. The number of rotatable bonds is 6. The summed E-state index contributed by atoms with van der Waals surface area (Å²) in [5.41, 5.74) is 0.836. The van der Waals surface area contributed by atoms with E-state index in [9.17, 15) is 4.79 Å². The predicted octanol–water partition coefficient (Wildman–Crippen LogP) is 1.37. The fraction of sp³-hybridized carbons (Fsp3) is 0.417. The van der Waals surface area contributed by atoms with Gasteiger partial charge in [0, 0.05) is 19.2 Å². The van der Waals surface area contributed by atoms with Crippen LogP contribution in [-0.2, 0) is 0 Å². The van der Waals surface area contributed by atoms with Gasteiger partial charge in [-0.05, 0) is 26.2 Å². The molecule has 0 atom stereocenters. The lowest BCUT2D eigenvalue weighted by molar-refractivity contribution is 0.0698. The van der Waals surface area contributed by atoms with Crippen molar-refractivity contribution in [2.45, 2.75) is 0 Å². The van der Waals surface area contributed by atoms with Gasteiger partial charge in [-0.1, -0.05) is 0 Å². The molecule has 17 heavy (non-hydrogen) atoms. The summed E-state index contributed by atoms with van der Waals surface area (Å²) >= 11 is 0. The number of hydrogen-bond donors (Lipinski definition) is 2. The molecule has 1 aromatic carbocycles. The fourth-order valence-corrected chi connectivity index (χ4v) is 1.40. The molecule has 0 aliphatic carbocycles. The first-order valence-electron chi connectivity index (χ1n) is 5.34. The molecule has 0 aromatic heterocycles. The molecule has 0 bridgehead atoms. The fourth-order valence-electron chi connectivity index (χ4n) is 1.40. The number of ether oxygens (including phenoxy) is 1. The lowest BCUT2D eigenvalue weighted by Gasteiger charge is -2.13. The Morgan fingerprint density at radius 3 is 2.71 bits per heavy atom. The van der Waals surface area contributed by atoms with Crippen molar-refractivity contribution in [2.24, 2.45) is 0 Å². The average molecular weight is 238 g/mol. The van der Waals surface area contributed by atoms with Crippen LogP contribution in [0, 0.1) is 0 Å². The summed E-state index contributed by atoms with van der Waals surface area (Å²) < 4.78 is 5.07. The molecule has 2 N–H and O–H groups in total. The minimum Gasteiger partial charge on any atom is -0.497 e. The van der Waals surface area contributed by atoms with Crippen molar-refractivity contribution < 1.29 is 14.6 Å². The molecule has 0 unspecified atom stereocenters. The van der Waals surface area contributed by atoms with Crippen LogP contribution in [0.15, 0.2) is 18.2 Å². The quantitative estimate of drug-likeness (QED) is 0.783. The van der Waals surface area contributed by atoms with Crippen molar-refractivity contribution in [2.75, 3.05) is 39.6 Å². The summed E-state index contributed by atoms with van der Waals surface area (Å²) in [6.07, 6.45) is 0. The molecule has 0 saturated carbocycles. The number of carbonyl (C=O) groups is 1. The number of nitrogens with zero attached hydrogens (tertiary/aromatic N) is 1. The molecule has 0 aliphatic rings. The standard InChI is InChI=1S/C12H18N2O3/c1-14(2)7-6-13-11-8-9(17-3)4-5-10(11)12(15)16/h4-5,8,13H,6-7H2,1-3H3,(H,15,16). The second-order valence-corrected chi connectivity index (χ2v) is 3.95. The summed E-state index contributed by atoms with van der Waals surface area (Å²) in [7, 11) is 5.48. The van der Waals surface area contributed by atoms with E-state index in [1.54, 1.807) is 25.3 Å². The molecular formula is C12H18N2O3. The van der Waals surface area contributed by atoms with Crippen molar-refractivity contribution in [3.8, 4) is 5.75 Å². The van der Waals surface area contributed by atoms with Crippen molar-refractivity contribution >= 4 is 11.7 Å². The Morgan fingerprint density at radius 1 is 1.47 bits per heavy atom. The first kappa shape index (κ1) is 13.3. The lowest BCUT2D eigenvalue weighted by Crippen LogP contribution is -2.21. The van der Waals surface area contributed by atoms with Crippen LogP contribution in [0.1, 0.15) is 10.4 Å². The van der Waals surface area contributed by atoms with Crippen LogP contribution in [0.2, 0.25) is 0 Å². The molecule has 5 nitrogen and oxygen atoms in total. The van der Waals surface area contributed by atoms with E-state index < -0.39 is 5.97 Å². The maximum atomic E-state index is 11.0. The SMILES string of the molecule is COc1ccc(C(=O)O)c(NCCN(C)C)c1. The van der Waals surface area contributed by atoms with E-state index in [0.717, 1.165) is 6.54 Å². The summed E-state index contributed by atoms with van der Waals surface area (Å²) in [5.74, 6) is -0.303. The number of anilines is 1. The number of hydrogen-bond acceptors (Lipinski definition) is 4. The first-order chi connectivity index (χ1) is 8.04. The zero-order chi connectivity index (χ0) is 12.8. The van der Waals surface area contributed by atoms with Crippen LogP contribution >= 0.6 is 0 Å². The van der Waals surface area contributed by atoms with Gasteiger partial charge in [-0.2, -0.15) is 0 Å². The van der Waals surface area contributed by atoms with Crippen molar-refractivity contribution in [3.05, 3.63) is 23.8 Å². The number of methoxy groups -OCH3 is 1. The lowest BCUT2D eigenvalue weighted by atomic mass is 10.1. The number of carboxylic acid groups (broad SMARTS) is 1. The Bertz CT molecular complexity index is 391. The van der Waals surface area contributed by atoms with Gasteiger partial charge in [0.15, 0.2) is 0 Å². The van der Waals surface area contributed by atoms with E-state index in [0.29, 0.717) is 18.0 Å². The highest BCUT2D eigenvalue weighted by Crippen LogP contribution is 2.22. The van der Waals surface area contributed by atoms with Gasteiger partial charge in [0.05, 0.1) is 18.4 Å². The summed E-state index contributed by atoms with van der Waals surface area (Å²) in [5, 5.41) is 12.1. The van der Waals surface area contributed by atoms with Crippen molar-refractivity contribution in [1.29, 1.82) is 0 Å². The maximum Gasteiger partial charge on any atom is 0.337 e. The highest BCUT2D eigenvalue weighted by molar-refractivity contribution is 5.94. The molecule has 1 aromatic rings. The van der Waals surface area contributed by atoms with E-state index in [1.807, 2.05) is 19.0 Å². The van der Waals surface area contributed by atoms with Gasteiger partial charge in [-0.25, -0.2) is 4.79 Å². The van der Waals surface area contributed by atoms with Crippen LogP contribution in [-0.4, -0.2) is 50.3 Å². The maximum absolute atomic E-state index is 11.0. The molecule has 0 spiro atoms. The summed E-state index contributed by atoms with van der Waals surface area (Å²) in [6.45, 7) is 1.51. The normalized spacial score (nSPS) is 10.4. The number of nitrogens with one attached hydrogen (secondary N) is 1. The molecule has 0 amide bonds. The third kappa shape index (κ3) is 3.96. The third-order valence-electron chi connectivity index (χ3n) is 2.33. The summed E-state index contributed by atoms with van der Waals surface area (Å²) in [4.78, 5) is 13.0. The molecule has 0 fully saturated rings. The van der Waals surface area contributed by atoms with Gasteiger partial charge >= 0.3 is 5.97 Å². The monoisotopic (exact) mass is 238 g/mol. The predicted molar refractivity (Wildman–Crippen MR) is 67.0 cm³/mol. The largest absolute Gasteiger partial charge is 0.497 e. The third-order valence-corrected chi connectivity index (χ3v) is 2.33. The van der Waals surface area contributed by atoms with Crippen molar-refractivity contribution in [3.63, 3.8) is 0 Å². The molecule has 5 heteroatoms. The zero-order valence-electron chi connectivity index (χ0n) is 10.4. The summed E-state index contributed by atoms with van der Waals surface area (Å²) in [6, 6.07) is 4.87. The minimum absolute atomic E-state index is 0.254. The van der Waals surface area contributed by atoms with Crippen LogP contribution in [0.25, 0.3) is 0 Å². The second-order valence-electron chi connectivity index (χ2n) is 3.95. The Labute approximate surface area is 101 Å². The Kier molecular flexibility index (Phi) is 4.78. The van der Waals surface area contributed by atoms with Crippen molar-refractivity contribution in [1.82, 2.24) is 4.90 Å². The van der Waals surface area contributed by atoms with E-state index >= 15 is 0 Å². The van der Waals surface area contributed by atoms with E-state index in [1.165, 1.54) is 0 Å². The highest BCUT2D eigenvalue weighted by atomic mass is 16.5. The van der Waals surface area contributed by atoms with Gasteiger partial charge < -0.3 is 20.1 Å². The molecule has 0 aliphatic heterocycles. The Balaban J connectivity index is 2.82. The zero-order valence-corrected chi connectivity index (χ0v) is 10.4. The molecule has 94 valence electrons. The van der Waals surface area contributed by atoms with E-state index in [4.69, 9.17) is 9.84 Å². The van der Waals surface area contributed by atoms with Crippen LogP contribution in [0.5, 0.6) is 5.75 Å². The number of carboxylic acids is 1. The molecular weight excluding hydrogens is 220 g/mol. The van der Waals surface area contributed by atoms with Gasteiger partial charge in [0.25, 0.3) is 0 Å². The number of benzene rings is 1. The smallest absolute Gasteiger partial charge is 0.337 e. The van der Waals surface area contributed by atoms with E-state index in [2.05, 4.69) is 5.32 Å². The Morgan fingerprint density at radius 2 is 2.18 bits per heavy atom. The second kappa shape index (κ2) is 6.10. The van der Waals surface area contributed by atoms with Gasteiger partial charge in [-0.15, -0.1) is 0 Å². The first-order valence-corrected chi connectivity index (χ1v) is 5.34. The number of aromatic carboxylic acids is 1. The van der Waals surface area contributed by atoms with Crippen LogP contribution < -0.4 is 10.1 Å². The molecule has 0 saturated heterocycles. The van der Waals surface area contributed by atoms with E-state index in [-0.39, 0.29) is 5.56 Å². The number of likely N-dealkylation sites (N-methyl/N-ethyl adjacent to an activating group) is 1. The molecule has 0 heterocycles. The average Bonchev–Trinajstić information content (AvgIpc) is 2.28. The Hall–Kier alpha value is -1.75. The van der Waals surface area contributed by atoms with Gasteiger partial charge in [0.2, 0.25) is 0 Å². The molecule has 1 rings (SSSR count).